The summed E-state index contributed by atoms with van der Waals surface area (Å²) in [6.07, 6.45) is 10.4. The van der Waals surface area contributed by atoms with E-state index in [1.165, 1.54) is 62.8 Å². The average molecular weight is 318 g/mol. The average Bonchev–Trinajstić information content (AvgIpc) is 2.76. The molecule has 1 atom stereocenters. The van der Waals surface area contributed by atoms with Crippen molar-refractivity contribution in [3.05, 3.63) is 0 Å². The van der Waals surface area contributed by atoms with Crippen molar-refractivity contribution >= 4 is 34.3 Å². The SMILES string of the molecule is I/N=C1\CCC(CN=C2CCCCC2)C1. The van der Waals surface area contributed by atoms with Gasteiger partial charge in [-0.2, -0.15) is 0 Å². The Hall–Kier alpha value is 0.0700. The van der Waals surface area contributed by atoms with Crippen molar-refractivity contribution in [2.24, 2.45) is 14.1 Å². The van der Waals surface area contributed by atoms with Crippen molar-refractivity contribution in [3.8, 4) is 0 Å². The molecule has 0 aromatic heterocycles. The van der Waals surface area contributed by atoms with E-state index >= 15 is 0 Å². The van der Waals surface area contributed by atoms with Crippen LogP contribution < -0.4 is 0 Å². The second-order valence-electron chi connectivity index (χ2n) is 4.73. The van der Waals surface area contributed by atoms with E-state index in [1.54, 1.807) is 0 Å². The highest BCUT2D eigenvalue weighted by atomic mass is 127. The van der Waals surface area contributed by atoms with Crippen LogP contribution in [0.15, 0.2) is 8.20 Å². The molecule has 2 aliphatic rings. The molecule has 1 unspecified atom stereocenters. The second-order valence-corrected chi connectivity index (χ2v) is 5.21. The lowest BCUT2D eigenvalue weighted by atomic mass is 9.98. The van der Waals surface area contributed by atoms with E-state index in [1.807, 2.05) is 0 Å². The van der Waals surface area contributed by atoms with Crippen molar-refractivity contribution in [3.63, 3.8) is 0 Å². The minimum atomic E-state index is 0.785. The second kappa shape index (κ2) is 5.97. The zero-order valence-electron chi connectivity index (χ0n) is 9.21. The van der Waals surface area contributed by atoms with E-state index in [-0.39, 0.29) is 0 Å². The normalized spacial score (nSPS) is 29.8. The van der Waals surface area contributed by atoms with Crippen LogP contribution >= 0.6 is 22.9 Å². The molecule has 2 fully saturated rings. The Labute approximate surface area is 106 Å². The topological polar surface area (TPSA) is 24.7 Å². The molecular formula is C12H19IN2. The summed E-state index contributed by atoms with van der Waals surface area (Å²) in [5, 5.41) is 0. The summed E-state index contributed by atoms with van der Waals surface area (Å²) in [5.41, 5.74) is 2.88. The third-order valence-electron chi connectivity index (χ3n) is 3.49. The first-order valence-electron chi connectivity index (χ1n) is 6.07. The maximum atomic E-state index is 4.79. The van der Waals surface area contributed by atoms with Gasteiger partial charge in [-0.25, -0.2) is 3.21 Å². The van der Waals surface area contributed by atoms with Crippen LogP contribution in [-0.4, -0.2) is 18.0 Å². The highest BCUT2D eigenvalue weighted by Crippen LogP contribution is 2.25. The monoisotopic (exact) mass is 318 g/mol. The van der Waals surface area contributed by atoms with E-state index < -0.39 is 0 Å². The Bertz CT molecular complexity index is 263. The van der Waals surface area contributed by atoms with Crippen LogP contribution in [0.3, 0.4) is 0 Å². The molecule has 15 heavy (non-hydrogen) atoms. The Morgan fingerprint density at radius 3 is 2.53 bits per heavy atom. The molecular weight excluding hydrogens is 299 g/mol. The van der Waals surface area contributed by atoms with Crippen LogP contribution in [0, 0.1) is 5.92 Å². The Morgan fingerprint density at radius 2 is 1.87 bits per heavy atom. The number of aliphatic imine (C=N–C) groups is 1. The van der Waals surface area contributed by atoms with Crippen LogP contribution in [0.4, 0.5) is 0 Å². The lowest BCUT2D eigenvalue weighted by molar-refractivity contribution is 0.567. The van der Waals surface area contributed by atoms with Crippen LogP contribution in [0.1, 0.15) is 51.4 Å². The van der Waals surface area contributed by atoms with E-state index in [4.69, 9.17) is 4.99 Å². The van der Waals surface area contributed by atoms with Crippen molar-refractivity contribution in [1.82, 2.24) is 0 Å². The minimum Gasteiger partial charge on any atom is -0.294 e. The first kappa shape index (κ1) is 11.6. The van der Waals surface area contributed by atoms with Crippen LogP contribution in [0.25, 0.3) is 0 Å². The molecule has 2 saturated carbocycles. The van der Waals surface area contributed by atoms with Gasteiger partial charge in [-0.1, -0.05) is 6.42 Å². The first-order chi connectivity index (χ1) is 7.38. The number of rotatable bonds is 2. The largest absolute Gasteiger partial charge is 0.294 e. The van der Waals surface area contributed by atoms with Gasteiger partial charge in [0, 0.05) is 18.0 Å². The van der Waals surface area contributed by atoms with Gasteiger partial charge in [0.05, 0.1) is 22.9 Å². The fourth-order valence-electron chi connectivity index (χ4n) is 2.52. The zero-order chi connectivity index (χ0) is 10.5. The minimum absolute atomic E-state index is 0.785. The Balaban J connectivity index is 1.77. The predicted molar refractivity (Wildman–Crippen MR) is 74.2 cm³/mol. The van der Waals surface area contributed by atoms with Crippen molar-refractivity contribution in [1.29, 1.82) is 0 Å². The number of nitrogens with zero attached hydrogens (tertiary/aromatic N) is 2. The molecule has 3 heteroatoms. The number of hydrogen-bond acceptors (Lipinski definition) is 2. The number of halogens is 1. The fourth-order valence-corrected chi connectivity index (χ4v) is 2.96. The molecule has 2 rings (SSSR count). The van der Waals surface area contributed by atoms with Gasteiger partial charge >= 0.3 is 0 Å². The van der Waals surface area contributed by atoms with E-state index in [2.05, 4.69) is 26.1 Å². The van der Waals surface area contributed by atoms with Crippen molar-refractivity contribution in [2.75, 3.05) is 6.54 Å². The summed E-state index contributed by atoms with van der Waals surface area (Å²) in [6.45, 7) is 1.06. The lowest BCUT2D eigenvalue weighted by Crippen LogP contribution is -2.08. The van der Waals surface area contributed by atoms with Crippen LogP contribution in [-0.2, 0) is 0 Å². The molecule has 0 heterocycles. The maximum absolute atomic E-state index is 4.79. The van der Waals surface area contributed by atoms with Crippen LogP contribution in [0.2, 0.25) is 0 Å². The summed E-state index contributed by atoms with van der Waals surface area (Å²) in [5.74, 6) is 0.785. The molecule has 0 bridgehead atoms. The van der Waals surface area contributed by atoms with E-state index in [0.717, 1.165) is 12.5 Å². The van der Waals surface area contributed by atoms with E-state index in [0.29, 0.717) is 0 Å². The molecule has 0 N–H and O–H groups in total. The molecule has 0 aromatic rings. The van der Waals surface area contributed by atoms with Gasteiger partial charge in [0.2, 0.25) is 0 Å². The molecule has 2 aliphatic carbocycles. The van der Waals surface area contributed by atoms with Gasteiger partial charge in [-0.05, 0) is 50.9 Å². The lowest BCUT2D eigenvalue weighted by Gasteiger charge is -2.13. The van der Waals surface area contributed by atoms with Gasteiger partial charge in [0.1, 0.15) is 0 Å². The van der Waals surface area contributed by atoms with Crippen molar-refractivity contribution in [2.45, 2.75) is 51.4 Å². The zero-order valence-corrected chi connectivity index (χ0v) is 11.4. The smallest absolute Gasteiger partial charge is 0.0830 e. The van der Waals surface area contributed by atoms with Gasteiger partial charge in [-0.3, -0.25) is 4.99 Å². The van der Waals surface area contributed by atoms with E-state index in [9.17, 15) is 0 Å². The molecule has 0 saturated heterocycles. The van der Waals surface area contributed by atoms with Crippen LogP contribution in [0.5, 0.6) is 0 Å². The molecule has 84 valence electrons. The maximum Gasteiger partial charge on any atom is 0.0830 e. The Kier molecular flexibility index (Phi) is 4.60. The fraction of sp³-hybridized carbons (Fsp3) is 0.833. The molecule has 0 aromatic carbocycles. The molecule has 2 nitrogen and oxygen atoms in total. The molecule has 0 amide bonds. The molecule has 0 radical (unpaired) electrons. The van der Waals surface area contributed by atoms with Gasteiger partial charge < -0.3 is 0 Å². The van der Waals surface area contributed by atoms with Gasteiger partial charge in [-0.15, -0.1) is 0 Å². The molecule has 0 spiro atoms. The van der Waals surface area contributed by atoms with Gasteiger partial charge in [0.25, 0.3) is 0 Å². The van der Waals surface area contributed by atoms with Crippen molar-refractivity contribution < 1.29 is 0 Å². The summed E-state index contributed by atoms with van der Waals surface area (Å²) in [7, 11) is 0. The highest BCUT2D eigenvalue weighted by molar-refractivity contribution is 14.1. The quantitative estimate of drug-likeness (QED) is 0.688. The summed E-state index contributed by atoms with van der Waals surface area (Å²) in [4.78, 5) is 4.79. The third kappa shape index (κ3) is 3.54. The number of hydrogen-bond donors (Lipinski definition) is 0. The summed E-state index contributed by atoms with van der Waals surface area (Å²) >= 11 is 2.12. The highest BCUT2D eigenvalue weighted by Gasteiger charge is 2.20. The Morgan fingerprint density at radius 1 is 1.07 bits per heavy atom. The standard InChI is InChI=1S/C12H19IN2/c13-15-12-7-6-10(8-12)9-14-11-4-2-1-3-5-11/h10H,1-9H2/b15-12+. The third-order valence-corrected chi connectivity index (χ3v) is 4.17. The predicted octanol–water partition coefficient (Wildman–Crippen LogP) is 3.98. The first-order valence-corrected chi connectivity index (χ1v) is 7.04. The molecule has 0 aliphatic heterocycles. The van der Waals surface area contributed by atoms with Gasteiger partial charge in [0.15, 0.2) is 0 Å². The summed E-state index contributed by atoms with van der Waals surface area (Å²) in [6, 6.07) is 0. The summed E-state index contributed by atoms with van der Waals surface area (Å²) < 4.78 is 4.27.